The van der Waals surface area contributed by atoms with Crippen molar-refractivity contribution in [2.45, 2.75) is 0 Å². The van der Waals surface area contributed by atoms with Gasteiger partial charge in [0.15, 0.2) is 0 Å². The number of aliphatic hydroxyl groups is 1. The molecule has 0 saturated heterocycles. The molecule has 50 valence electrons. The van der Waals surface area contributed by atoms with Crippen molar-refractivity contribution >= 4 is 22.7 Å². The SMILES string of the molecule is O=C1NN=C(CO)CS1. The fourth-order valence-electron chi connectivity index (χ4n) is 0.419. The molecule has 0 radical (unpaired) electrons. The molecule has 0 spiro atoms. The summed E-state index contributed by atoms with van der Waals surface area (Å²) in [6.07, 6.45) is 0. The molecule has 5 heteroatoms. The van der Waals surface area contributed by atoms with Crippen LogP contribution < -0.4 is 5.43 Å². The van der Waals surface area contributed by atoms with E-state index in [1.54, 1.807) is 0 Å². The van der Waals surface area contributed by atoms with Crippen molar-refractivity contribution in [1.29, 1.82) is 0 Å². The van der Waals surface area contributed by atoms with Crippen molar-refractivity contribution in [3.8, 4) is 0 Å². The van der Waals surface area contributed by atoms with Crippen LogP contribution in [0.5, 0.6) is 0 Å². The van der Waals surface area contributed by atoms with Crippen LogP contribution in [0.3, 0.4) is 0 Å². The van der Waals surface area contributed by atoms with Gasteiger partial charge in [0.1, 0.15) is 0 Å². The topological polar surface area (TPSA) is 61.7 Å². The number of carbonyl (C=O) groups excluding carboxylic acids is 1. The lowest BCUT2D eigenvalue weighted by molar-refractivity contribution is 0.260. The van der Waals surface area contributed by atoms with Crippen LogP contribution >= 0.6 is 11.8 Å². The highest BCUT2D eigenvalue weighted by molar-refractivity contribution is 8.14. The summed E-state index contributed by atoms with van der Waals surface area (Å²) in [4.78, 5) is 10.4. The number of hydrogen-bond acceptors (Lipinski definition) is 4. The summed E-state index contributed by atoms with van der Waals surface area (Å²) in [6, 6.07) is 0. The zero-order valence-corrected chi connectivity index (χ0v) is 5.44. The molecule has 0 aromatic rings. The maximum Gasteiger partial charge on any atom is 0.299 e. The number of aliphatic hydroxyl groups excluding tert-OH is 1. The highest BCUT2D eigenvalue weighted by Crippen LogP contribution is 2.05. The van der Waals surface area contributed by atoms with Gasteiger partial charge < -0.3 is 5.11 Å². The second kappa shape index (κ2) is 2.84. The smallest absolute Gasteiger partial charge is 0.299 e. The Balaban J connectivity index is 2.50. The summed E-state index contributed by atoms with van der Waals surface area (Å²) in [7, 11) is 0. The van der Waals surface area contributed by atoms with Crippen LogP contribution in [0.15, 0.2) is 5.10 Å². The molecule has 1 rings (SSSR count). The van der Waals surface area contributed by atoms with Crippen LogP contribution in [0.2, 0.25) is 0 Å². The van der Waals surface area contributed by atoms with E-state index < -0.39 is 0 Å². The first-order chi connectivity index (χ1) is 4.33. The van der Waals surface area contributed by atoms with Gasteiger partial charge in [-0.25, -0.2) is 5.43 Å². The molecule has 0 aliphatic carbocycles. The van der Waals surface area contributed by atoms with E-state index in [9.17, 15) is 4.79 Å². The lowest BCUT2D eigenvalue weighted by Gasteiger charge is -2.07. The molecule has 1 amide bonds. The molecule has 1 aliphatic rings. The summed E-state index contributed by atoms with van der Waals surface area (Å²) < 4.78 is 0. The Morgan fingerprint density at radius 2 is 2.67 bits per heavy atom. The van der Waals surface area contributed by atoms with Gasteiger partial charge in [0.25, 0.3) is 5.24 Å². The third kappa shape index (κ3) is 1.69. The minimum absolute atomic E-state index is 0.0761. The molecule has 0 unspecified atom stereocenters. The van der Waals surface area contributed by atoms with Crippen molar-refractivity contribution in [1.82, 2.24) is 5.43 Å². The largest absolute Gasteiger partial charge is 0.390 e. The number of rotatable bonds is 1. The van der Waals surface area contributed by atoms with E-state index in [1.165, 1.54) is 0 Å². The number of nitrogens with one attached hydrogen (secondary N) is 1. The van der Waals surface area contributed by atoms with E-state index in [1.807, 2.05) is 0 Å². The van der Waals surface area contributed by atoms with Gasteiger partial charge in [-0.2, -0.15) is 5.10 Å². The molecule has 0 bridgehead atoms. The van der Waals surface area contributed by atoms with Crippen LogP contribution in [0.4, 0.5) is 4.79 Å². The maximum absolute atomic E-state index is 10.4. The third-order valence-corrected chi connectivity index (χ3v) is 1.69. The van der Waals surface area contributed by atoms with Gasteiger partial charge in [-0.1, -0.05) is 11.8 Å². The van der Waals surface area contributed by atoms with E-state index in [0.29, 0.717) is 11.5 Å². The van der Waals surface area contributed by atoms with E-state index in [4.69, 9.17) is 5.11 Å². The average molecular weight is 146 g/mol. The van der Waals surface area contributed by atoms with Crippen LogP contribution in [-0.4, -0.2) is 28.4 Å². The lowest BCUT2D eigenvalue weighted by atomic mass is 10.5. The van der Waals surface area contributed by atoms with Crippen LogP contribution in [0.25, 0.3) is 0 Å². The first-order valence-corrected chi connectivity index (χ1v) is 3.40. The molecule has 9 heavy (non-hydrogen) atoms. The fourth-order valence-corrected chi connectivity index (χ4v) is 0.983. The predicted molar refractivity (Wildman–Crippen MR) is 35.5 cm³/mol. The highest BCUT2D eigenvalue weighted by Gasteiger charge is 2.09. The molecule has 4 nitrogen and oxygen atoms in total. The summed E-state index contributed by atoms with van der Waals surface area (Å²) >= 11 is 1.11. The third-order valence-electron chi connectivity index (χ3n) is 0.858. The number of thioether (sulfide) groups is 1. The van der Waals surface area contributed by atoms with Crippen LogP contribution in [0, 0.1) is 0 Å². The molecule has 0 aromatic heterocycles. The Labute approximate surface area is 56.3 Å². The number of carbonyl (C=O) groups is 1. The van der Waals surface area contributed by atoms with Crippen molar-refractivity contribution in [3.63, 3.8) is 0 Å². The van der Waals surface area contributed by atoms with Crippen molar-refractivity contribution < 1.29 is 9.90 Å². The van der Waals surface area contributed by atoms with E-state index >= 15 is 0 Å². The van der Waals surface area contributed by atoms with Crippen molar-refractivity contribution in [2.75, 3.05) is 12.4 Å². The molecular formula is C4H6N2O2S. The predicted octanol–water partition coefficient (Wildman–Crippen LogP) is -0.209. The molecule has 2 N–H and O–H groups in total. The van der Waals surface area contributed by atoms with Crippen LogP contribution in [-0.2, 0) is 0 Å². The average Bonchev–Trinajstić information content (AvgIpc) is 1.90. The molecular weight excluding hydrogens is 140 g/mol. The summed E-state index contributed by atoms with van der Waals surface area (Å²) in [5, 5.41) is 11.9. The molecule has 1 heterocycles. The Morgan fingerprint density at radius 1 is 1.89 bits per heavy atom. The maximum atomic E-state index is 10.4. The molecule has 0 atom stereocenters. The first kappa shape index (κ1) is 6.57. The Morgan fingerprint density at radius 3 is 3.11 bits per heavy atom. The Hall–Kier alpha value is -0.550. The standard InChI is InChI=1S/C4H6N2O2S/c7-1-3-2-9-4(8)6-5-3/h7H,1-2H2,(H,6,8). The van der Waals surface area contributed by atoms with Crippen LogP contribution in [0.1, 0.15) is 0 Å². The first-order valence-electron chi connectivity index (χ1n) is 2.42. The Kier molecular flexibility index (Phi) is 2.07. The van der Waals surface area contributed by atoms with Gasteiger partial charge in [0, 0.05) is 5.75 Å². The van der Waals surface area contributed by atoms with Gasteiger partial charge in [0.2, 0.25) is 0 Å². The number of hydrazone groups is 1. The zero-order chi connectivity index (χ0) is 6.69. The second-order valence-corrected chi connectivity index (χ2v) is 2.47. The van der Waals surface area contributed by atoms with Gasteiger partial charge >= 0.3 is 0 Å². The lowest BCUT2D eigenvalue weighted by Crippen LogP contribution is -2.25. The summed E-state index contributed by atoms with van der Waals surface area (Å²) in [6.45, 7) is -0.0761. The van der Waals surface area contributed by atoms with Crippen molar-refractivity contribution in [2.24, 2.45) is 5.10 Å². The molecule has 0 saturated carbocycles. The molecule has 1 aliphatic heterocycles. The molecule has 0 fully saturated rings. The normalized spacial score (nSPS) is 18.8. The van der Waals surface area contributed by atoms with Gasteiger partial charge in [0.05, 0.1) is 12.3 Å². The van der Waals surface area contributed by atoms with Gasteiger partial charge in [-0.15, -0.1) is 0 Å². The minimum Gasteiger partial charge on any atom is -0.390 e. The van der Waals surface area contributed by atoms with Gasteiger partial charge in [-0.05, 0) is 0 Å². The monoisotopic (exact) mass is 146 g/mol. The van der Waals surface area contributed by atoms with E-state index in [0.717, 1.165) is 11.8 Å². The fraction of sp³-hybridized carbons (Fsp3) is 0.500. The summed E-state index contributed by atoms with van der Waals surface area (Å²) in [5.41, 5.74) is 2.85. The van der Waals surface area contributed by atoms with Gasteiger partial charge in [-0.3, -0.25) is 4.79 Å². The summed E-state index contributed by atoms with van der Waals surface area (Å²) in [5.74, 6) is 0.502. The minimum atomic E-state index is -0.160. The number of hydrogen-bond donors (Lipinski definition) is 2. The molecule has 0 aromatic carbocycles. The Bertz CT molecular complexity index is 157. The number of amides is 1. The van der Waals surface area contributed by atoms with E-state index in [-0.39, 0.29) is 11.8 Å². The van der Waals surface area contributed by atoms with E-state index in [2.05, 4.69) is 10.5 Å². The zero-order valence-electron chi connectivity index (χ0n) is 4.63. The number of nitrogens with zero attached hydrogens (tertiary/aromatic N) is 1. The highest BCUT2D eigenvalue weighted by atomic mass is 32.2. The quantitative estimate of drug-likeness (QED) is 0.538. The second-order valence-electron chi connectivity index (χ2n) is 1.52. The van der Waals surface area contributed by atoms with Crippen molar-refractivity contribution in [3.05, 3.63) is 0 Å².